The first-order valence-corrected chi connectivity index (χ1v) is 28.8. The number of urea groups is 1. The summed E-state index contributed by atoms with van der Waals surface area (Å²) < 4.78 is 14.8. The van der Waals surface area contributed by atoms with Crippen molar-refractivity contribution in [1.82, 2.24) is 45.6 Å². The van der Waals surface area contributed by atoms with Gasteiger partial charge < -0.3 is 51.7 Å². The molecular weight excluding hydrogens is 1090 g/mol. The van der Waals surface area contributed by atoms with Gasteiger partial charge in [-0.2, -0.15) is 4.98 Å². The third-order valence-electron chi connectivity index (χ3n) is 14.3. The van der Waals surface area contributed by atoms with E-state index in [0.29, 0.717) is 66.8 Å². The number of halogens is 2. The number of likely N-dealkylation sites (tertiary alicyclic amines) is 1. The molecule has 0 unspecified atom stereocenters. The predicted molar refractivity (Wildman–Crippen MR) is 315 cm³/mol. The van der Waals surface area contributed by atoms with E-state index >= 15 is 0 Å². The molecule has 0 aliphatic carbocycles. The molecule has 0 saturated carbocycles. The van der Waals surface area contributed by atoms with Crippen LogP contribution in [0.1, 0.15) is 92.9 Å². The Kier molecular flexibility index (Phi) is 20.6. The molecule has 2 saturated heterocycles. The maximum atomic E-state index is 14.8. The number of nitrogens with one attached hydrogen (secondary N) is 6. The van der Waals surface area contributed by atoms with Crippen LogP contribution in [-0.4, -0.2) is 128 Å². The molecule has 22 heteroatoms. The van der Waals surface area contributed by atoms with Gasteiger partial charge in [-0.25, -0.2) is 19.2 Å². The zero-order valence-corrected chi connectivity index (χ0v) is 48.0. The van der Waals surface area contributed by atoms with Crippen molar-refractivity contribution in [2.45, 2.75) is 104 Å². The van der Waals surface area contributed by atoms with E-state index in [9.17, 15) is 38.3 Å². The molecule has 82 heavy (non-hydrogen) atoms. The minimum absolute atomic E-state index is 0.00112. The number of carbonyl (C=O) groups excluding carboxylic acids is 6. The van der Waals surface area contributed by atoms with Crippen LogP contribution in [0.5, 0.6) is 0 Å². The van der Waals surface area contributed by atoms with Gasteiger partial charge in [0.15, 0.2) is 11.6 Å². The Bertz CT molecular complexity index is 3190. The number of piperazine rings is 1. The fraction of sp³-hybridized carbons (Fsp3) is 0.383. The average Bonchev–Trinajstić information content (AvgIpc) is 4.13. The van der Waals surface area contributed by atoms with Crippen molar-refractivity contribution < 1.29 is 38.3 Å². The molecule has 0 spiro atoms. The number of aromatic nitrogens is 3. The van der Waals surface area contributed by atoms with Crippen molar-refractivity contribution in [2.75, 3.05) is 55.2 Å². The zero-order chi connectivity index (χ0) is 58.3. The van der Waals surface area contributed by atoms with Gasteiger partial charge in [-0.3, -0.25) is 24.0 Å². The number of hydrogen-bond donors (Lipinski definition) is 7. The Labute approximate surface area is 485 Å². The smallest absolute Gasteiger partial charge is 0.317 e. The quantitative estimate of drug-likeness (QED) is 0.0315. The number of anilines is 5. The van der Waals surface area contributed by atoms with E-state index in [1.807, 2.05) is 69.6 Å². The zero-order valence-electron chi connectivity index (χ0n) is 46.5. The number of amides is 7. The van der Waals surface area contributed by atoms with E-state index in [0.717, 1.165) is 59.1 Å². The van der Waals surface area contributed by atoms with E-state index in [4.69, 9.17) is 11.6 Å². The average molecular weight is 1160 g/mol. The molecule has 19 nitrogen and oxygen atoms in total. The molecule has 0 bridgehead atoms. The SMILES string of the molecule is Cc1ncsc1-c1ccc(CNC(=O)[C@@H]2C[C@@H](O)CN2C(=O)[C@@H](NC(=O)CCCCCCCNC(=O)N2CCN(C(=O)Cc3ccc(Nc4ncc(F)c(Nc5ccc(C(=O)Nc6ccccc6Cl)cc5)n4)cc3)CC2)C(C)(C)C)cc1. The highest BCUT2D eigenvalue weighted by Gasteiger charge is 2.44. The number of unbranched alkanes of at least 4 members (excludes halogenated alkanes) is 4. The molecule has 7 N–H and O–H groups in total. The summed E-state index contributed by atoms with van der Waals surface area (Å²) in [6, 6.07) is 26.5. The molecule has 2 aromatic heterocycles. The minimum Gasteiger partial charge on any atom is -0.391 e. The summed E-state index contributed by atoms with van der Waals surface area (Å²) >= 11 is 7.73. The summed E-state index contributed by atoms with van der Waals surface area (Å²) in [5.74, 6) is -2.03. The third kappa shape index (κ3) is 16.6. The molecule has 4 aromatic carbocycles. The van der Waals surface area contributed by atoms with Gasteiger partial charge in [0.2, 0.25) is 29.6 Å². The van der Waals surface area contributed by atoms with E-state index in [-0.39, 0.29) is 73.8 Å². The minimum atomic E-state index is -0.901. The van der Waals surface area contributed by atoms with Gasteiger partial charge in [-0.05, 0) is 90.4 Å². The lowest BCUT2D eigenvalue weighted by molar-refractivity contribution is -0.144. The fourth-order valence-electron chi connectivity index (χ4n) is 9.66. The standard InChI is InChI=1S/C60H70ClFN12O7S/c1-38-52(82-37-66-38)41-19-15-40(16-20-41)34-64-56(79)49-33-45(75)36-74(49)57(80)53(60(2,3)4)70-50(76)14-8-6-5-7-11-27-63-59(81)73-30-28-72(29-31-73)51(77)32-39-17-23-44(24-18-39)68-58-65-35-47(62)54(71-58)67-43-25-21-42(22-26-43)55(78)69-48-13-10-9-12-46(48)61/h9-10,12-13,15-26,35,37,45,49,53,75H,5-8,11,14,27-34,36H2,1-4H3,(H,63,81)(H,64,79)(H,69,78)(H,70,76)(H2,65,67,68,71)/t45-,49+,53-/m1/s1. The van der Waals surface area contributed by atoms with Crippen molar-refractivity contribution in [3.05, 3.63) is 142 Å². The van der Waals surface area contributed by atoms with Crippen LogP contribution in [0.4, 0.5) is 38.0 Å². The molecule has 2 fully saturated rings. The van der Waals surface area contributed by atoms with Gasteiger partial charge in [0.1, 0.15) is 12.1 Å². The van der Waals surface area contributed by atoms with Crippen LogP contribution >= 0.6 is 22.9 Å². The largest absolute Gasteiger partial charge is 0.391 e. The first-order chi connectivity index (χ1) is 39.4. The van der Waals surface area contributed by atoms with Gasteiger partial charge in [-0.15, -0.1) is 11.3 Å². The summed E-state index contributed by atoms with van der Waals surface area (Å²) in [6.07, 6.45) is 4.59. The Morgan fingerprint density at radius 2 is 1.45 bits per heavy atom. The monoisotopic (exact) mass is 1160 g/mol. The first-order valence-electron chi connectivity index (χ1n) is 27.6. The second-order valence-corrected chi connectivity index (χ2v) is 22.8. The number of para-hydroxylation sites is 1. The molecule has 4 heterocycles. The molecule has 3 atom stereocenters. The number of carbonyl (C=O) groups is 6. The summed E-state index contributed by atoms with van der Waals surface area (Å²) in [5, 5.41) is 28.6. The number of aliphatic hydroxyl groups excluding tert-OH is 1. The lowest BCUT2D eigenvalue weighted by Gasteiger charge is -2.35. The topological polar surface area (TPSA) is 243 Å². The first kappa shape index (κ1) is 60.1. The molecule has 2 aliphatic heterocycles. The summed E-state index contributed by atoms with van der Waals surface area (Å²) in [4.78, 5) is 98.4. The Morgan fingerprint density at radius 3 is 2.15 bits per heavy atom. The number of aliphatic hydroxyl groups is 1. The van der Waals surface area contributed by atoms with Crippen molar-refractivity contribution in [1.29, 1.82) is 0 Å². The van der Waals surface area contributed by atoms with Crippen molar-refractivity contribution in [3.8, 4) is 10.4 Å². The molecular formula is C60H70ClFN12O7S. The lowest BCUT2D eigenvalue weighted by Crippen LogP contribution is -2.57. The number of hydrogen-bond acceptors (Lipinski definition) is 13. The van der Waals surface area contributed by atoms with Crippen LogP contribution < -0.4 is 31.9 Å². The molecule has 2 aliphatic rings. The van der Waals surface area contributed by atoms with Gasteiger partial charge >= 0.3 is 6.03 Å². The summed E-state index contributed by atoms with van der Waals surface area (Å²) in [5.41, 5.74) is 6.83. The van der Waals surface area contributed by atoms with Crippen molar-refractivity contribution in [2.24, 2.45) is 5.41 Å². The van der Waals surface area contributed by atoms with E-state index < -0.39 is 35.3 Å². The maximum absolute atomic E-state index is 14.8. The highest BCUT2D eigenvalue weighted by Crippen LogP contribution is 2.30. The number of β-amino-alcohol motifs (C(OH)–C–C–N with tert-alkyl or cyclic N) is 1. The molecule has 432 valence electrons. The number of thiazole rings is 1. The molecule has 0 radical (unpaired) electrons. The van der Waals surface area contributed by atoms with E-state index in [1.54, 1.807) is 81.8 Å². The third-order valence-corrected chi connectivity index (χ3v) is 15.6. The second kappa shape index (κ2) is 28.1. The Balaban J connectivity index is 0.682. The van der Waals surface area contributed by atoms with E-state index in [1.165, 1.54) is 4.90 Å². The van der Waals surface area contributed by atoms with Crippen LogP contribution in [0.3, 0.4) is 0 Å². The normalized spacial score (nSPS) is 15.6. The second-order valence-electron chi connectivity index (χ2n) is 21.6. The fourth-order valence-corrected chi connectivity index (χ4v) is 10.7. The van der Waals surface area contributed by atoms with Crippen LogP contribution in [-0.2, 0) is 32.1 Å². The predicted octanol–water partition coefficient (Wildman–Crippen LogP) is 8.99. The molecule has 7 amide bonds. The van der Waals surface area contributed by atoms with Crippen LogP contribution in [0, 0.1) is 18.2 Å². The summed E-state index contributed by atoms with van der Waals surface area (Å²) in [6.45, 7) is 9.95. The Hall–Kier alpha value is -8.01. The number of rotatable bonds is 22. The Morgan fingerprint density at radius 1 is 0.793 bits per heavy atom. The molecule has 8 rings (SSSR count). The highest BCUT2D eigenvalue weighted by atomic mass is 35.5. The molecule has 6 aromatic rings. The van der Waals surface area contributed by atoms with Gasteiger partial charge in [0.05, 0.1) is 45.5 Å². The van der Waals surface area contributed by atoms with E-state index in [2.05, 4.69) is 46.9 Å². The van der Waals surface area contributed by atoms with Crippen LogP contribution in [0.15, 0.2) is 109 Å². The van der Waals surface area contributed by atoms with Gasteiger partial charge in [0, 0.05) is 75.6 Å². The number of nitrogens with zero attached hydrogens (tertiary/aromatic N) is 6. The number of aryl methyl sites for hydroxylation is 1. The van der Waals surface area contributed by atoms with Crippen molar-refractivity contribution >= 4 is 87.3 Å². The van der Waals surface area contributed by atoms with Crippen LogP contribution in [0.2, 0.25) is 5.02 Å². The highest BCUT2D eigenvalue weighted by molar-refractivity contribution is 7.13. The van der Waals surface area contributed by atoms with Crippen molar-refractivity contribution in [3.63, 3.8) is 0 Å². The number of benzene rings is 4. The van der Waals surface area contributed by atoms with Crippen LogP contribution in [0.25, 0.3) is 10.4 Å². The maximum Gasteiger partial charge on any atom is 0.317 e. The van der Waals surface area contributed by atoms with Gasteiger partial charge in [-0.1, -0.05) is 100 Å². The van der Waals surface area contributed by atoms with Gasteiger partial charge in [0.25, 0.3) is 5.91 Å². The lowest BCUT2D eigenvalue weighted by atomic mass is 9.85. The summed E-state index contributed by atoms with van der Waals surface area (Å²) in [7, 11) is 0.